The van der Waals surface area contributed by atoms with Gasteiger partial charge in [-0.05, 0) is 49.2 Å². The van der Waals surface area contributed by atoms with E-state index in [9.17, 15) is 18.0 Å². The van der Waals surface area contributed by atoms with Gasteiger partial charge in [0, 0.05) is 45.8 Å². The molecule has 5 rings (SSSR count). The topological polar surface area (TPSA) is 132 Å². The fraction of sp³-hybridized carbons (Fsp3) is 0.222. The molecule has 9 nitrogen and oxygen atoms in total. The largest absolute Gasteiger partial charge is 0.494 e. The highest BCUT2D eigenvalue weighted by Crippen LogP contribution is 2.35. The Balaban J connectivity index is 1.53. The van der Waals surface area contributed by atoms with E-state index in [-0.39, 0.29) is 11.4 Å². The quantitative estimate of drug-likeness (QED) is 0.292. The number of pyridine rings is 1. The van der Waals surface area contributed by atoms with Gasteiger partial charge in [0.1, 0.15) is 17.3 Å². The van der Waals surface area contributed by atoms with E-state index in [2.05, 4.69) is 10.3 Å². The summed E-state index contributed by atoms with van der Waals surface area (Å²) in [4.78, 5) is 29.5. The molecule has 1 aliphatic rings. The van der Waals surface area contributed by atoms with Crippen LogP contribution >= 0.6 is 0 Å². The number of nitrogens with two attached hydrogens (primary N) is 1. The van der Waals surface area contributed by atoms with Crippen molar-refractivity contribution in [1.29, 1.82) is 0 Å². The van der Waals surface area contributed by atoms with E-state index < -0.39 is 22.0 Å². The number of amides is 1. The number of hydrogen-bond acceptors (Lipinski definition) is 7. The van der Waals surface area contributed by atoms with E-state index in [0.717, 1.165) is 0 Å². The summed E-state index contributed by atoms with van der Waals surface area (Å²) in [5, 5.41) is 4.47. The zero-order valence-electron chi connectivity index (χ0n) is 20.2. The molecule has 0 saturated carbocycles. The molecule has 190 valence electrons. The number of methoxy groups -OCH3 is 1. The molecular formula is C27H26N4O5S. The molecule has 1 unspecified atom stereocenters. The predicted molar refractivity (Wildman–Crippen MR) is 142 cm³/mol. The van der Waals surface area contributed by atoms with Crippen molar-refractivity contribution in [3.63, 3.8) is 0 Å². The average Bonchev–Trinajstić information content (AvgIpc) is 2.93. The van der Waals surface area contributed by atoms with Gasteiger partial charge < -0.3 is 15.8 Å². The molecule has 4 aromatic rings. The molecule has 10 heteroatoms. The van der Waals surface area contributed by atoms with E-state index >= 15 is 0 Å². The van der Waals surface area contributed by atoms with Crippen LogP contribution in [0.5, 0.6) is 5.75 Å². The lowest BCUT2D eigenvalue weighted by atomic mass is 10.0. The molecule has 1 saturated heterocycles. The van der Waals surface area contributed by atoms with Gasteiger partial charge in [-0.15, -0.1) is 0 Å². The van der Waals surface area contributed by atoms with Crippen molar-refractivity contribution in [3.05, 3.63) is 66.4 Å². The number of nitrogens with one attached hydrogen (secondary N) is 1. The number of piperidine rings is 1. The highest BCUT2D eigenvalue weighted by Gasteiger charge is 2.38. The summed E-state index contributed by atoms with van der Waals surface area (Å²) in [7, 11) is -2.55. The summed E-state index contributed by atoms with van der Waals surface area (Å²) in [6, 6.07) is 13.9. The minimum Gasteiger partial charge on any atom is -0.494 e. The Kier molecular flexibility index (Phi) is 6.53. The maximum atomic E-state index is 13.9. The smallest absolute Gasteiger partial charge is 0.244 e. The number of carbonyl (C=O) groups is 2. The minimum absolute atomic E-state index is 0.0738. The number of sulfonamides is 1. The van der Waals surface area contributed by atoms with Crippen LogP contribution in [0.3, 0.4) is 0 Å². The number of aromatic nitrogens is 1. The van der Waals surface area contributed by atoms with Crippen LogP contribution in [0.2, 0.25) is 0 Å². The Morgan fingerprint density at radius 3 is 2.70 bits per heavy atom. The number of nitrogen functional groups attached to an aromatic ring is 1. The summed E-state index contributed by atoms with van der Waals surface area (Å²) in [5.41, 5.74) is 7.83. The van der Waals surface area contributed by atoms with E-state index in [4.69, 9.17) is 10.5 Å². The van der Waals surface area contributed by atoms with E-state index in [1.807, 2.05) is 0 Å². The third-order valence-corrected chi connectivity index (χ3v) is 8.71. The Bertz CT molecular complexity index is 1640. The van der Waals surface area contributed by atoms with Crippen LogP contribution < -0.4 is 15.8 Å². The number of carbonyl (C=O) groups excluding carboxylic acids is 2. The Hall–Kier alpha value is -4.02. The first kappa shape index (κ1) is 24.7. The second-order valence-electron chi connectivity index (χ2n) is 8.87. The number of aldehydes is 1. The van der Waals surface area contributed by atoms with Gasteiger partial charge in [-0.3, -0.25) is 14.6 Å². The number of nitrogens with zero attached hydrogens (tertiary/aromatic N) is 2. The second-order valence-corrected chi connectivity index (χ2v) is 10.7. The van der Waals surface area contributed by atoms with E-state index in [0.29, 0.717) is 69.9 Å². The average molecular weight is 519 g/mol. The van der Waals surface area contributed by atoms with Gasteiger partial charge in [0.2, 0.25) is 15.9 Å². The predicted octanol–water partition coefficient (Wildman–Crippen LogP) is 3.97. The molecule has 3 N–H and O–H groups in total. The Morgan fingerprint density at radius 2 is 1.92 bits per heavy atom. The molecule has 0 spiro atoms. The number of ether oxygens (including phenoxy) is 1. The van der Waals surface area contributed by atoms with Gasteiger partial charge in [0.05, 0.1) is 12.0 Å². The molecule has 1 aliphatic heterocycles. The van der Waals surface area contributed by atoms with Gasteiger partial charge in [-0.2, -0.15) is 4.31 Å². The number of rotatable bonds is 6. The first-order valence-corrected chi connectivity index (χ1v) is 13.3. The molecule has 1 atom stereocenters. The molecule has 1 amide bonds. The zero-order valence-corrected chi connectivity index (χ0v) is 21.0. The highest BCUT2D eigenvalue weighted by atomic mass is 32.2. The van der Waals surface area contributed by atoms with E-state index in [1.165, 1.54) is 17.5 Å². The van der Waals surface area contributed by atoms with Crippen LogP contribution in [0.15, 0.2) is 65.7 Å². The lowest BCUT2D eigenvalue weighted by Gasteiger charge is -2.34. The van der Waals surface area contributed by atoms with Crippen LogP contribution in [-0.4, -0.2) is 49.6 Å². The third kappa shape index (κ3) is 4.28. The van der Waals surface area contributed by atoms with Crippen molar-refractivity contribution in [2.45, 2.75) is 30.2 Å². The summed E-state index contributed by atoms with van der Waals surface area (Å²) in [5.74, 6) is 0.0224. The molecule has 0 aliphatic carbocycles. The van der Waals surface area contributed by atoms with Crippen LogP contribution in [-0.2, 0) is 14.8 Å². The third-order valence-electron chi connectivity index (χ3n) is 6.75. The van der Waals surface area contributed by atoms with Crippen molar-refractivity contribution in [2.75, 3.05) is 24.7 Å². The van der Waals surface area contributed by atoms with E-state index in [1.54, 1.807) is 54.7 Å². The second kappa shape index (κ2) is 9.79. The molecule has 1 aromatic heterocycles. The first-order valence-electron chi connectivity index (χ1n) is 11.9. The minimum atomic E-state index is -4.05. The van der Waals surface area contributed by atoms with Crippen LogP contribution in [0, 0.1) is 0 Å². The number of fused-ring (bicyclic) bond motifs is 2. The number of hydrogen-bond donors (Lipinski definition) is 2. The van der Waals surface area contributed by atoms with Gasteiger partial charge in [-0.1, -0.05) is 24.6 Å². The molecular weight excluding hydrogens is 492 g/mol. The van der Waals surface area contributed by atoms with Crippen molar-refractivity contribution >= 4 is 55.3 Å². The molecule has 0 radical (unpaired) electrons. The molecule has 3 aromatic carbocycles. The standard InChI is InChI=1S/C27H26N4O5S/c1-36-23-12-13-24(19-8-5-14-29-26(19)23)37(34,35)31-15-3-2-9-22(31)27(33)30-21-11-10-20(28)25-17(16-32)6-4-7-18(21)25/h4-8,10-14,16,22H,2-3,9,15,28H2,1H3,(H,30,33). The van der Waals surface area contributed by atoms with Gasteiger partial charge in [0.25, 0.3) is 0 Å². The molecule has 2 heterocycles. The Morgan fingerprint density at radius 1 is 1.11 bits per heavy atom. The summed E-state index contributed by atoms with van der Waals surface area (Å²) >= 11 is 0. The number of anilines is 2. The van der Waals surface area contributed by atoms with Gasteiger partial charge in [0.15, 0.2) is 6.29 Å². The fourth-order valence-electron chi connectivity index (χ4n) is 4.98. The molecule has 0 bridgehead atoms. The van der Waals surface area contributed by atoms with Crippen molar-refractivity contribution in [1.82, 2.24) is 9.29 Å². The zero-order chi connectivity index (χ0) is 26.2. The van der Waals surface area contributed by atoms with Gasteiger partial charge in [-0.25, -0.2) is 8.42 Å². The SMILES string of the molecule is COc1ccc(S(=O)(=O)N2CCCCC2C(=O)Nc2ccc(N)c3c(C=O)cccc23)c2cccnc12. The van der Waals surface area contributed by atoms with Crippen LogP contribution in [0.1, 0.15) is 29.6 Å². The van der Waals surface area contributed by atoms with Crippen molar-refractivity contribution < 1.29 is 22.7 Å². The normalized spacial score (nSPS) is 16.5. The van der Waals surface area contributed by atoms with Crippen molar-refractivity contribution in [2.24, 2.45) is 0 Å². The van der Waals surface area contributed by atoms with Gasteiger partial charge >= 0.3 is 0 Å². The lowest BCUT2D eigenvalue weighted by Crippen LogP contribution is -2.49. The van der Waals surface area contributed by atoms with Crippen LogP contribution in [0.25, 0.3) is 21.7 Å². The monoisotopic (exact) mass is 518 g/mol. The fourth-order valence-corrected chi connectivity index (χ4v) is 6.82. The summed E-state index contributed by atoms with van der Waals surface area (Å²) < 4.78 is 34.5. The molecule has 37 heavy (non-hydrogen) atoms. The first-order chi connectivity index (χ1) is 17.9. The number of benzene rings is 3. The highest BCUT2D eigenvalue weighted by molar-refractivity contribution is 7.89. The summed E-state index contributed by atoms with van der Waals surface area (Å²) in [6.07, 6.45) is 4.03. The van der Waals surface area contributed by atoms with Crippen LogP contribution in [0.4, 0.5) is 11.4 Å². The maximum Gasteiger partial charge on any atom is 0.244 e. The summed E-state index contributed by atoms with van der Waals surface area (Å²) in [6.45, 7) is 0.214. The molecule has 1 fully saturated rings. The Labute approximate surface area is 214 Å². The maximum absolute atomic E-state index is 13.9. The van der Waals surface area contributed by atoms with Crippen molar-refractivity contribution in [3.8, 4) is 5.75 Å². The lowest BCUT2D eigenvalue weighted by molar-refractivity contribution is -0.120.